The lowest BCUT2D eigenvalue weighted by atomic mass is 9.83. The molecule has 0 unspecified atom stereocenters. The molecule has 1 aliphatic carbocycles. The molecule has 0 saturated heterocycles. The van der Waals surface area contributed by atoms with Gasteiger partial charge in [0.1, 0.15) is 0 Å². The first-order chi connectivity index (χ1) is 8.25. The lowest BCUT2D eigenvalue weighted by molar-refractivity contribution is 0.281. The molecule has 94 valence electrons. The summed E-state index contributed by atoms with van der Waals surface area (Å²) in [6.07, 6.45) is 7.50. The maximum atomic E-state index is 4.41. The summed E-state index contributed by atoms with van der Waals surface area (Å²) in [5.74, 6) is 1.83. The van der Waals surface area contributed by atoms with Gasteiger partial charge in [0.15, 0.2) is 0 Å². The molecule has 0 radical (unpaired) electrons. The van der Waals surface area contributed by atoms with E-state index >= 15 is 0 Å². The number of rotatable bonds is 4. The van der Waals surface area contributed by atoms with Crippen molar-refractivity contribution >= 4 is 0 Å². The van der Waals surface area contributed by atoms with Crippen LogP contribution >= 0.6 is 0 Å². The molecule has 2 nitrogen and oxygen atoms in total. The van der Waals surface area contributed by atoms with Crippen molar-refractivity contribution in [1.82, 2.24) is 10.3 Å². The van der Waals surface area contributed by atoms with E-state index in [1.807, 2.05) is 12.3 Å². The predicted octanol–water partition coefficient (Wildman–Crippen LogP) is 3.31. The number of aromatic nitrogens is 1. The van der Waals surface area contributed by atoms with Crippen molar-refractivity contribution in [3.8, 4) is 0 Å². The number of pyridine rings is 1. The maximum absolute atomic E-state index is 4.41. The average Bonchev–Trinajstić information content (AvgIpc) is 2.34. The van der Waals surface area contributed by atoms with Gasteiger partial charge in [-0.15, -0.1) is 0 Å². The standard InChI is InChI=1S/C15H24N2/c1-12-5-7-14(8-6-12)10-16-11-15-13(2)4-3-9-17-15/h3-4,9,12,14,16H,5-8,10-11H2,1-2H3. The molecule has 2 heteroatoms. The zero-order valence-corrected chi connectivity index (χ0v) is 11.1. The van der Waals surface area contributed by atoms with Crippen molar-refractivity contribution in [1.29, 1.82) is 0 Å². The Kier molecular flexibility index (Phi) is 4.55. The van der Waals surface area contributed by atoms with Gasteiger partial charge in [-0.25, -0.2) is 0 Å². The predicted molar refractivity (Wildman–Crippen MR) is 71.8 cm³/mol. The van der Waals surface area contributed by atoms with Gasteiger partial charge in [-0.05, 0) is 49.8 Å². The first kappa shape index (κ1) is 12.6. The minimum Gasteiger partial charge on any atom is -0.311 e. The van der Waals surface area contributed by atoms with Crippen molar-refractivity contribution in [3.05, 3.63) is 29.6 Å². The third-order valence-corrected chi connectivity index (χ3v) is 3.98. The van der Waals surface area contributed by atoms with Crippen molar-refractivity contribution in [2.45, 2.75) is 46.1 Å². The summed E-state index contributed by atoms with van der Waals surface area (Å²) in [5.41, 5.74) is 2.48. The Hall–Kier alpha value is -0.890. The van der Waals surface area contributed by atoms with E-state index in [9.17, 15) is 0 Å². The number of nitrogens with zero attached hydrogens (tertiary/aromatic N) is 1. The first-order valence-electron chi connectivity index (χ1n) is 6.87. The Morgan fingerprint density at radius 2 is 2.06 bits per heavy atom. The van der Waals surface area contributed by atoms with E-state index < -0.39 is 0 Å². The molecule has 0 atom stereocenters. The van der Waals surface area contributed by atoms with Crippen molar-refractivity contribution in [2.24, 2.45) is 11.8 Å². The largest absolute Gasteiger partial charge is 0.311 e. The molecule has 0 aromatic carbocycles. The topological polar surface area (TPSA) is 24.9 Å². The van der Waals surface area contributed by atoms with Crippen LogP contribution in [0.15, 0.2) is 18.3 Å². The third kappa shape index (κ3) is 3.81. The highest BCUT2D eigenvalue weighted by Crippen LogP contribution is 2.27. The molecule has 1 aromatic heterocycles. The summed E-state index contributed by atoms with van der Waals surface area (Å²) in [6, 6.07) is 4.13. The van der Waals surface area contributed by atoms with Crippen LogP contribution in [-0.2, 0) is 6.54 Å². The highest BCUT2D eigenvalue weighted by Gasteiger charge is 2.17. The number of nitrogens with one attached hydrogen (secondary N) is 1. The maximum Gasteiger partial charge on any atom is 0.0570 e. The highest BCUT2D eigenvalue weighted by atomic mass is 14.9. The van der Waals surface area contributed by atoms with Gasteiger partial charge in [0, 0.05) is 12.7 Å². The summed E-state index contributed by atoms with van der Waals surface area (Å²) < 4.78 is 0. The molecule has 1 saturated carbocycles. The molecule has 0 bridgehead atoms. The first-order valence-corrected chi connectivity index (χ1v) is 6.87. The van der Waals surface area contributed by atoms with Crippen LogP contribution in [0.1, 0.15) is 43.9 Å². The quantitative estimate of drug-likeness (QED) is 0.861. The molecule has 0 amide bonds. The van der Waals surface area contributed by atoms with Crippen LogP contribution in [-0.4, -0.2) is 11.5 Å². The van der Waals surface area contributed by atoms with E-state index in [2.05, 4.69) is 30.2 Å². The fourth-order valence-corrected chi connectivity index (χ4v) is 2.63. The molecule has 17 heavy (non-hydrogen) atoms. The molecule has 0 aliphatic heterocycles. The average molecular weight is 232 g/mol. The van der Waals surface area contributed by atoms with Gasteiger partial charge in [0.25, 0.3) is 0 Å². The normalized spacial score (nSPS) is 24.8. The zero-order chi connectivity index (χ0) is 12.1. The summed E-state index contributed by atoms with van der Waals surface area (Å²) in [7, 11) is 0. The van der Waals surface area contributed by atoms with E-state index in [0.29, 0.717) is 0 Å². The molecule has 1 N–H and O–H groups in total. The smallest absolute Gasteiger partial charge is 0.0570 e. The fraction of sp³-hybridized carbons (Fsp3) is 0.667. The van der Waals surface area contributed by atoms with Gasteiger partial charge in [0.2, 0.25) is 0 Å². The van der Waals surface area contributed by atoms with E-state index in [1.165, 1.54) is 36.9 Å². The monoisotopic (exact) mass is 232 g/mol. The second-order valence-electron chi connectivity index (χ2n) is 5.52. The minimum absolute atomic E-state index is 0.884. The van der Waals surface area contributed by atoms with Gasteiger partial charge in [0.05, 0.1) is 5.69 Å². The van der Waals surface area contributed by atoms with Crippen LogP contribution in [0, 0.1) is 18.8 Å². The molecular formula is C15H24N2. The number of aryl methyl sites for hydroxylation is 1. The summed E-state index contributed by atoms with van der Waals surface area (Å²) in [4.78, 5) is 4.41. The fourth-order valence-electron chi connectivity index (χ4n) is 2.63. The molecule has 1 aromatic rings. The van der Waals surface area contributed by atoms with Gasteiger partial charge in [-0.3, -0.25) is 4.98 Å². The second kappa shape index (κ2) is 6.15. The lowest BCUT2D eigenvalue weighted by Crippen LogP contribution is -2.26. The zero-order valence-electron chi connectivity index (χ0n) is 11.1. The Labute approximate surface area is 105 Å². The second-order valence-corrected chi connectivity index (χ2v) is 5.52. The van der Waals surface area contributed by atoms with Crippen LogP contribution in [0.3, 0.4) is 0 Å². The van der Waals surface area contributed by atoms with Crippen molar-refractivity contribution < 1.29 is 0 Å². The Morgan fingerprint density at radius 3 is 2.76 bits per heavy atom. The van der Waals surface area contributed by atoms with Gasteiger partial charge >= 0.3 is 0 Å². The van der Waals surface area contributed by atoms with Crippen molar-refractivity contribution in [2.75, 3.05) is 6.54 Å². The molecule has 1 fully saturated rings. The Balaban J connectivity index is 1.71. The summed E-state index contributed by atoms with van der Waals surface area (Å²) in [6.45, 7) is 6.58. The van der Waals surface area contributed by atoms with E-state index in [4.69, 9.17) is 0 Å². The molecule has 2 rings (SSSR count). The molecular weight excluding hydrogens is 208 g/mol. The highest BCUT2D eigenvalue weighted by molar-refractivity contribution is 5.17. The SMILES string of the molecule is Cc1cccnc1CNCC1CCC(C)CC1. The van der Waals surface area contributed by atoms with E-state index in [-0.39, 0.29) is 0 Å². The lowest BCUT2D eigenvalue weighted by Gasteiger charge is -2.26. The summed E-state index contributed by atoms with van der Waals surface area (Å²) in [5, 5.41) is 3.56. The molecule has 1 heterocycles. The van der Waals surface area contributed by atoms with E-state index in [0.717, 1.165) is 24.9 Å². The Morgan fingerprint density at radius 1 is 1.29 bits per heavy atom. The number of hydrogen-bond acceptors (Lipinski definition) is 2. The van der Waals surface area contributed by atoms with Gasteiger partial charge in [-0.2, -0.15) is 0 Å². The van der Waals surface area contributed by atoms with Gasteiger partial charge in [-0.1, -0.05) is 25.8 Å². The molecule has 0 spiro atoms. The Bertz CT molecular complexity index is 341. The third-order valence-electron chi connectivity index (χ3n) is 3.98. The minimum atomic E-state index is 0.884. The van der Waals surface area contributed by atoms with E-state index in [1.54, 1.807) is 0 Å². The van der Waals surface area contributed by atoms with Crippen molar-refractivity contribution in [3.63, 3.8) is 0 Å². The van der Waals surface area contributed by atoms with Crippen LogP contribution in [0.25, 0.3) is 0 Å². The molecule has 1 aliphatic rings. The number of hydrogen-bond donors (Lipinski definition) is 1. The van der Waals surface area contributed by atoms with Crippen LogP contribution in [0.5, 0.6) is 0 Å². The van der Waals surface area contributed by atoms with Crippen LogP contribution < -0.4 is 5.32 Å². The summed E-state index contributed by atoms with van der Waals surface area (Å²) >= 11 is 0. The van der Waals surface area contributed by atoms with Gasteiger partial charge < -0.3 is 5.32 Å². The van der Waals surface area contributed by atoms with Crippen LogP contribution in [0.2, 0.25) is 0 Å². The van der Waals surface area contributed by atoms with Crippen LogP contribution in [0.4, 0.5) is 0 Å².